The van der Waals surface area contributed by atoms with Gasteiger partial charge in [0.05, 0.1) is 18.4 Å². The van der Waals surface area contributed by atoms with Crippen molar-refractivity contribution in [3.63, 3.8) is 0 Å². The summed E-state index contributed by atoms with van der Waals surface area (Å²) >= 11 is 0. The highest BCUT2D eigenvalue weighted by molar-refractivity contribution is 5.88. The topological polar surface area (TPSA) is 67.2 Å². The zero-order valence-electron chi connectivity index (χ0n) is 11.1. The number of nitrogens with zero attached hydrogens (tertiary/aromatic N) is 2. The Labute approximate surface area is 111 Å². The Kier molecular flexibility index (Phi) is 3.85. The number of carbonyl (C=O) groups is 1. The Balaban J connectivity index is 2.14. The highest BCUT2D eigenvalue weighted by atomic mass is 16.4. The number of aromatic carboxylic acids is 1. The lowest BCUT2D eigenvalue weighted by Crippen LogP contribution is -2.10. The predicted octanol–water partition coefficient (Wildman–Crippen LogP) is 2.29. The first-order valence-corrected chi connectivity index (χ1v) is 6.18. The number of anilines is 1. The minimum Gasteiger partial charge on any atom is -0.478 e. The van der Waals surface area contributed by atoms with E-state index in [0.29, 0.717) is 12.2 Å². The molecule has 0 aliphatic rings. The first-order valence-electron chi connectivity index (χ1n) is 6.18. The quantitative estimate of drug-likeness (QED) is 0.864. The third kappa shape index (κ3) is 2.93. The molecule has 0 spiro atoms. The fourth-order valence-electron chi connectivity index (χ4n) is 1.94. The van der Waals surface area contributed by atoms with Gasteiger partial charge in [-0.1, -0.05) is 19.1 Å². The molecule has 0 fully saturated rings. The normalized spacial score (nSPS) is 10.4. The molecule has 5 heteroatoms. The van der Waals surface area contributed by atoms with Crippen LogP contribution in [-0.2, 0) is 20.0 Å². The summed E-state index contributed by atoms with van der Waals surface area (Å²) in [6, 6.07) is 8.09. The lowest BCUT2D eigenvalue weighted by atomic mass is 10.1. The van der Waals surface area contributed by atoms with Gasteiger partial charge in [0.2, 0.25) is 0 Å². The van der Waals surface area contributed by atoms with Gasteiger partial charge in [0.15, 0.2) is 0 Å². The number of carboxylic acids is 1. The van der Waals surface area contributed by atoms with Crippen LogP contribution in [0.15, 0.2) is 30.5 Å². The van der Waals surface area contributed by atoms with Crippen molar-refractivity contribution in [2.45, 2.75) is 19.9 Å². The van der Waals surface area contributed by atoms with Crippen LogP contribution in [0.1, 0.15) is 28.5 Å². The van der Waals surface area contributed by atoms with Gasteiger partial charge in [-0.15, -0.1) is 0 Å². The number of hydrogen-bond acceptors (Lipinski definition) is 3. The zero-order chi connectivity index (χ0) is 13.8. The Morgan fingerprint density at radius 3 is 2.95 bits per heavy atom. The van der Waals surface area contributed by atoms with Crippen LogP contribution in [0, 0.1) is 0 Å². The standard InChI is InChI=1S/C14H17N3O2/c1-3-10-5-4-6-11(7-10)15-9-13-12(14(18)19)8-16-17(13)2/h4-8,15H,3,9H2,1-2H3,(H,18,19). The Bertz CT molecular complexity index is 590. The molecule has 0 aliphatic carbocycles. The van der Waals surface area contributed by atoms with Gasteiger partial charge < -0.3 is 10.4 Å². The smallest absolute Gasteiger partial charge is 0.339 e. The zero-order valence-corrected chi connectivity index (χ0v) is 11.1. The number of nitrogens with one attached hydrogen (secondary N) is 1. The van der Waals surface area contributed by atoms with E-state index in [-0.39, 0.29) is 5.56 Å². The lowest BCUT2D eigenvalue weighted by Gasteiger charge is -2.09. The van der Waals surface area contributed by atoms with E-state index in [1.807, 2.05) is 12.1 Å². The van der Waals surface area contributed by atoms with Crippen LogP contribution < -0.4 is 5.32 Å². The summed E-state index contributed by atoms with van der Waals surface area (Å²) < 4.78 is 1.58. The summed E-state index contributed by atoms with van der Waals surface area (Å²) in [5, 5.41) is 16.3. The van der Waals surface area contributed by atoms with Gasteiger partial charge in [-0.25, -0.2) is 4.79 Å². The summed E-state index contributed by atoms with van der Waals surface area (Å²) in [6.45, 7) is 2.54. The van der Waals surface area contributed by atoms with Gasteiger partial charge in [0, 0.05) is 12.7 Å². The number of benzene rings is 1. The molecule has 0 saturated carbocycles. The highest BCUT2D eigenvalue weighted by Gasteiger charge is 2.14. The van der Waals surface area contributed by atoms with Crippen LogP contribution in [0.25, 0.3) is 0 Å². The van der Waals surface area contributed by atoms with Crippen molar-refractivity contribution in [1.82, 2.24) is 9.78 Å². The second-order valence-corrected chi connectivity index (χ2v) is 4.34. The summed E-state index contributed by atoms with van der Waals surface area (Å²) in [5.41, 5.74) is 3.13. The maximum atomic E-state index is 11.1. The molecule has 0 aliphatic heterocycles. The minimum atomic E-state index is -0.952. The minimum absolute atomic E-state index is 0.238. The molecule has 2 rings (SSSR count). The van der Waals surface area contributed by atoms with Crippen LogP contribution in [0.5, 0.6) is 0 Å². The highest BCUT2D eigenvalue weighted by Crippen LogP contribution is 2.14. The van der Waals surface area contributed by atoms with Crippen molar-refractivity contribution in [3.05, 3.63) is 47.3 Å². The predicted molar refractivity (Wildman–Crippen MR) is 73.3 cm³/mol. The monoisotopic (exact) mass is 259 g/mol. The first-order chi connectivity index (χ1) is 9.11. The molecule has 2 aromatic rings. The molecule has 1 heterocycles. The van der Waals surface area contributed by atoms with Gasteiger partial charge in [0.1, 0.15) is 5.56 Å². The Morgan fingerprint density at radius 2 is 2.26 bits per heavy atom. The number of rotatable bonds is 5. The molecule has 0 bridgehead atoms. The maximum Gasteiger partial charge on any atom is 0.339 e. The second-order valence-electron chi connectivity index (χ2n) is 4.34. The molecular formula is C14H17N3O2. The molecular weight excluding hydrogens is 242 g/mol. The van der Waals surface area contributed by atoms with Crippen LogP contribution in [0.3, 0.4) is 0 Å². The number of hydrogen-bond donors (Lipinski definition) is 2. The summed E-state index contributed by atoms with van der Waals surface area (Å²) in [5.74, 6) is -0.952. The molecule has 0 amide bonds. The number of aromatic nitrogens is 2. The van der Waals surface area contributed by atoms with E-state index >= 15 is 0 Å². The van der Waals surface area contributed by atoms with Crippen molar-refractivity contribution in [3.8, 4) is 0 Å². The molecule has 100 valence electrons. The Hall–Kier alpha value is -2.30. The van der Waals surface area contributed by atoms with Crippen molar-refractivity contribution in [1.29, 1.82) is 0 Å². The SMILES string of the molecule is CCc1cccc(NCc2c(C(=O)O)cnn2C)c1. The molecule has 0 radical (unpaired) electrons. The summed E-state index contributed by atoms with van der Waals surface area (Å²) in [4.78, 5) is 11.1. The largest absolute Gasteiger partial charge is 0.478 e. The summed E-state index contributed by atoms with van der Waals surface area (Å²) in [6.07, 6.45) is 2.35. The molecule has 5 nitrogen and oxygen atoms in total. The summed E-state index contributed by atoms with van der Waals surface area (Å²) in [7, 11) is 1.74. The van der Waals surface area contributed by atoms with E-state index in [1.165, 1.54) is 11.8 Å². The van der Waals surface area contributed by atoms with Crippen molar-refractivity contribution < 1.29 is 9.90 Å². The van der Waals surface area contributed by atoms with Crippen molar-refractivity contribution in [2.75, 3.05) is 5.32 Å². The van der Waals surface area contributed by atoms with Gasteiger partial charge in [0.25, 0.3) is 0 Å². The van der Waals surface area contributed by atoms with Crippen LogP contribution in [0.2, 0.25) is 0 Å². The molecule has 2 N–H and O–H groups in total. The van der Waals surface area contributed by atoms with E-state index in [2.05, 4.69) is 29.5 Å². The molecule has 0 unspecified atom stereocenters. The third-order valence-corrected chi connectivity index (χ3v) is 3.09. The van der Waals surface area contributed by atoms with E-state index in [1.54, 1.807) is 11.7 Å². The van der Waals surface area contributed by atoms with Gasteiger partial charge in [-0.2, -0.15) is 5.10 Å². The van der Waals surface area contributed by atoms with Crippen LogP contribution in [0.4, 0.5) is 5.69 Å². The van der Waals surface area contributed by atoms with Gasteiger partial charge >= 0.3 is 5.97 Å². The number of carboxylic acid groups (broad SMARTS) is 1. The maximum absolute atomic E-state index is 11.1. The molecule has 1 aromatic heterocycles. The van der Waals surface area contributed by atoms with E-state index in [9.17, 15) is 4.79 Å². The molecule has 0 atom stereocenters. The average Bonchev–Trinajstić information content (AvgIpc) is 2.78. The second kappa shape index (κ2) is 5.56. The van der Waals surface area contributed by atoms with Gasteiger partial charge in [-0.05, 0) is 24.1 Å². The van der Waals surface area contributed by atoms with Crippen LogP contribution in [-0.4, -0.2) is 20.9 Å². The van der Waals surface area contributed by atoms with Crippen molar-refractivity contribution in [2.24, 2.45) is 7.05 Å². The molecule has 1 aromatic carbocycles. The third-order valence-electron chi connectivity index (χ3n) is 3.09. The van der Waals surface area contributed by atoms with E-state index in [0.717, 1.165) is 12.1 Å². The lowest BCUT2D eigenvalue weighted by molar-refractivity contribution is 0.0695. The average molecular weight is 259 g/mol. The van der Waals surface area contributed by atoms with E-state index < -0.39 is 5.97 Å². The Morgan fingerprint density at radius 1 is 1.47 bits per heavy atom. The molecule has 19 heavy (non-hydrogen) atoms. The fourth-order valence-corrected chi connectivity index (χ4v) is 1.94. The van der Waals surface area contributed by atoms with Gasteiger partial charge in [-0.3, -0.25) is 4.68 Å². The fraction of sp³-hybridized carbons (Fsp3) is 0.286. The van der Waals surface area contributed by atoms with E-state index in [4.69, 9.17) is 5.11 Å². The molecule has 0 saturated heterocycles. The first kappa shape index (κ1) is 13.1. The van der Waals surface area contributed by atoms with Crippen molar-refractivity contribution >= 4 is 11.7 Å². The number of aryl methyl sites for hydroxylation is 2. The van der Waals surface area contributed by atoms with Crippen LogP contribution >= 0.6 is 0 Å².